The Hall–Kier alpha value is -1.60. The molecule has 0 spiro atoms. The van der Waals surface area contributed by atoms with Crippen molar-refractivity contribution in [3.05, 3.63) is 22.3 Å². The van der Waals surface area contributed by atoms with Gasteiger partial charge in [0.25, 0.3) is 11.8 Å². The van der Waals surface area contributed by atoms with E-state index in [9.17, 15) is 19.5 Å². The second-order valence-electron chi connectivity index (χ2n) is 5.47. The van der Waals surface area contributed by atoms with Crippen molar-refractivity contribution < 1.29 is 53.9 Å². The zero-order chi connectivity index (χ0) is 19.0. The second kappa shape index (κ2) is 8.61. The van der Waals surface area contributed by atoms with E-state index in [1.165, 1.54) is 24.3 Å². The Morgan fingerprint density at radius 3 is 2.78 bits per heavy atom. The van der Waals surface area contributed by atoms with Gasteiger partial charge in [-0.1, -0.05) is 5.16 Å². The van der Waals surface area contributed by atoms with Crippen molar-refractivity contribution in [2.45, 2.75) is 18.3 Å². The molecule has 0 aliphatic carbocycles. The van der Waals surface area contributed by atoms with E-state index in [-0.39, 0.29) is 51.8 Å². The Morgan fingerprint density at radius 2 is 2.22 bits per heavy atom. The molecular weight excluding hydrogens is 405 g/mol. The largest absolute Gasteiger partial charge is 1.00 e. The van der Waals surface area contributed by atoms with Crippen molar-refractivity contribution in [1.82, 2.24) is 15.2 Å². The molecule has 13 heteroatoms. The third kappa shape index (κ3) is 3.99. The van der Waals surface area contributed by atoms with E-state index in [1.54, 1.807) is 6.92 Å². The molecule has 1 fully saturated rings. The van der Waals surface area contributed by atoms with Gasteiger partial charge in [0, 0.05) is 11.1 Å². The number of thiazole rings is 1. The van der Waals surface area contributed by atoms with Crippen LogP contribution in [0.2, 0.25) is 0 Å². The number of hydrogen-bond acceptors (Lipinski definition) is 10. The number of carboxylic acids is 1. The van der Waals surface area contributed by atoms with Crippen LogP contribution in [0.4, 0.5) is 5.13 Å². The third-order valence-corrected chi connectivity index (χ3v) is 5.90. The number of oxime groups is 1. The summed E-state index contributed by atoms with van der Waals surface area (Å²) in [5.41, 5.74) is 6.07. The topological polar surface area (TPSA) is 150 Å². The Labute approximate surface area is 184 Å². The molecule has 2 aliphatic heterocycles. The summed E-state index contributed by atoms with van der Waals surface area (Å²) in [6.07, 6.45) is 0. The first-order chi connectivity index (χ1) is 12.3. The van der Waals surface area contributed by atoms with Gasteiger partial charge in [-0.25, -0.2) is 4.98 Å². The summed E-state index contributed by atoms with van der Waals surface area (Å²) in [5.74, 6) is -2.18. The van der Waals surface area contributed by atoms with Gasteiger partial charge in [0.15, 0.2) is 10.8 Å². The van der Waals surface area contributed by atoms with Crippen LogP contribution in [0.15, 0.2) is 21.8 Å². The predicted molar refractivity (Wildman–Crippen MR) is 92.8 cm³/mol. The summed E-state index contributed by atoms with van der Waals surface area (Å²) in [6.45, 7) is 1.63. The van der Waals surface area contributed by atoms with Crippen molar-refractivity contribution in [2.24, 2.45) is 5.16 Å². The molecule has 0 bridgehead atoms. The summed E-state index contributed by atoms with van der Waals surface area (Å²) < 4.78 is 0. The van der Waals surface area contributed by atoms with E-state index in [4.69, 9.17) is 5.73 Å². The number of nitrogens with two attached hydrogens (primary N) is 1. The van der Waals surface area contributed by atoms with Gasteiger partial charge in [-0.05, 0) is 12.5 Å². The molecule has 2 aliphatic rings. The van der Waals surface area contributed by atoms with E-state index >= 15 is 0 Å². The van der Waals surface area contributed by atoms with E-state index in [2.05, 4.69) is 20.3 Å². The molecule has 0 radical (unpaired) electrons. The van der Waals surface area contributed by atoms with Crippen LogP contribution in [0.1, 0.15) is 12.6 Å². The van der Waals surface area contributed by atoms with Gasteiger partial charge in [0.2, 0.25) is 0 Å². The second-order valence-corrected chi connectivity index (χ2v) is 7.47. The number of aromatic nitrogens is 1. The van der Waals surface area contributed by atoms with Crippen molar-refractivity contribution in [3.63, 3.8) is 0 Å². The van der Waals surface area contributed by atoms with Gasteiger partial charge in [0.1, 0.15) is 24.2 Å². The van der Waals surface area contributed by atoms with Crippen LogP contribution in [-0.2, 0) is 19.2 Å². The van der Waals surface area contributed by atoms with Crippen molar-refractivity contribution in [1.29, 1.82) is 0 Å². The summed E-state index contributed by atoms with van der Waals surface area (Å²) in [4.78, 5) is 46.0. The quantitative estimate of drug-likeness (QED) is 0.210. The molecule has 3 rings (SSSR count). The number of carbonyl (C=O) groups excluding carboxylic acids is 3. The van der Waals surface area contributed by atoms with Crippen molar-refractivity contribution in [2.75, 3.05) is 18.6 Å². The Bertz CT molecular complexity index is 855. The third-order valence-electron chi connectivity index (χ3n) is 3.80. The SMILES string of the molecule is CO/N=C(\C(=O)N[C@@H]1C(=O)N2C(C(=O)[O-])=C(C)CS[C@H]12)c1csc(N)n1.[Na+]. The number of thioether (sulfide) groups is 1. The molecule has 0 saturated carbocycles. The molecule has 3 N–H and O–H groups in total. The normalized spacial score (nSPS) is 21.8. The maximum Gasteiger partial charge on any atom is 1.00 e. The number of fused-ring (bicyclic) bond motifs is 1. The Balaban J connectivity index is 0.00000261. The van der Waals surface area contributed by atoms with Crippen molar-refractivity contribution in [3.8, 4) is 0 Å². The summed E-state index contributed by atoms with van der Waals surface area (Å²) in [5, 5.41) is 18.8. The molecule has 0 unspecified atom stereocenters. The van der Waals surface area contributed by atoms with Gasteiger partial charge in [-0.15, -0.1) is 23.1 Å². The number of nitrogen functional groups attached to an aromatic ring is 1. The van der Waals surface area contributed by atoms with Crippen molar-refractivity contribution >= 4 is 51.7 Å². The standard InChI is InChI=1S/C14H15N5O5S2.Na/c1-5-3-25-12-8(11(21)19(12)9(5)13(22)23)17-10(20)7(18-24-2)6-4-26-14(15)16-6;/h4,8,12H,3H2,1-2H3,(H2,15,16)(H,17,20)(H,22,23);/q;+1/p-1/b18-7-;/t8-,12-;/m1./s1. The van der Waals surface area contributed by atoms with Gasteiger partial charge in [-0.3, -0.25) is 14.5 Å². The number of rotatable bonds is 5. The average molecular weight is 419 g/mol. The van der Waals surface area contributed by atoms with E-state index in [0.29, 0.717) is 11.3 Å². The van der Waals surface area contributed by atoms with Crippen LogP contribution in [-0.4, -0.2) is 57.7 Å². The maximum atomic E-state index is 12.5. The summed E-state index contributed by atoms with van der Waals surface area (Å²) in [6, 6.07) is -0.881. The molecule has 1 saturated heterocycles. The van der Waals surface area contributed by atoms with Gasteiger partial charge in [-0.2, -0.15) is 0 Å². The predicted octanol–water partition coefficient (Wildman–Crippen LogP) is -4.50. The number of hydrogen-bond donors (Lipinski definition) is 2. The maximum absolute atomic E-state index is 12.5. The Morgan fingerprint density at radius 1 is 1.52 bits per heavy atom. The fourth-order valence-electron chi connectivity index (χ4n) is 2.66. The average Bonchev–Trinajstić information content (AvgIpc) is 3.02. The molecule has 1 aromatic heterocycles. The van der Waals surface area contributed by atoms with Crippen LogP contribution < -0.4 is 45.7 Å². The molecule has 3 heterocycles. The molecule has 0 aromatic carbocycles. The zero-order valence-corrected chi connectivity index (χ0v) is 18.3. The molecule has 27 heavy (non-hydrogen) atoms. The number of nitrogens with zero attached hydrogens (tertiary/aromatic N) is 3. The van der Waals surface area contributed by atoms with Gasteiger partial charge < -0.3 is 25.8 Å². The zero-order valence-electron chi connectivity index (χ0n) is 14.7. The van der Waals surface area contributed by atoms with E-state index < -0.39 is 29.2 Å². The number of carboxylic acid groups (broad SMARTS) is 1. The molecular formula is C14H14N5NaO5S2. The molecule has 2 atom stereocenters. The minimum absolute atomic E-state index is 0. The van der Waals surface area contributed by atoms with E-state index in [1.807, 2.05) is 0 Å². The molecule has 2 amide bonds. The smallest absolute Gasteiger partial charge is 0.543 e. The first kappa shape index (κ1) is 21.7. The first-order valence-corrected chi connectivity index (χ1v) is 9.27. The van der Waals surface area contributed by atoms with Crippen LogP contribution in [0, 0.1) is 0 Å². The summed E-state index contributed by atoms with van der Waals surface area (Å²) in [7, 11) is 1.27. The molecule has 10 nitrogen and oxygen atoms in total. The number of aliphatic carboxylic acids is 1. The monoisotopic (exact) mass is 419 g/mol. The van der Waals surface area contributed by atoms with Crippen LogP contribution in [0.3, 0.4) is 0 Å². The Kier molecular flexibility index (Phi) is 6.92. The van der Waals surface area contributed by atoms with Crippen LogP contribution in [0.25, 0.3) is 0 Å². The molecule has 138 valence electrons. The fraction of sp³-hybridized carbons (Fsp3) is 0.357. The number of anilines is 1. The first-order valence-electron chi connectivity index (χ1n) is 7.34. The minimum atomic E-state index is -1.41. The number of carbonyl (C=O) groups is 3. The number of amides is 2. The van der Waals surface area contributed by atoms with Crippen LogP contribution >= 0.6 is 23.1 Å². The van der Waals surface area contributed by atoms with Gasteiger partial charge in [0.05, 0.1) is 11.7 Å². The van der Waals surface area contributed by atoms with Crippen LogP contribution in [0.5, 0.6) is 0 Å². The summed E-state index contributed by atoms with van der Waals surface area (Å²) >= 11 is 2.49. The van der Waals surface area contributed by atoms with Gasteiger partial charge >= 0.3 is 29.6 Å². The minimum Gasteiger partial charge on any atom is -0.543 e. The molecule has 1 aromatic rings. The van der Waals surface area contributed by atoms with E-state index in [0.717, 1.165) is 16.2 Å². The number of β-lactam (4-membered cyclic amide) rings is 1. The number of nitrogens with one attached hydrogen (secondary N) is 1. The fourth-order valence-corrected chi connectivity index (χ4v) is 4.50.